The zero-order valence-corrected chi connectivity index (χ0v) is 18.1. The zero-order chi connectivity index (χ0) is 21.3. The summed E-state index contributed by atoms with van der Waals surface area (Å²) < 4.78 is 5.88. The van der Waals surface area contributed by atoms with Gasteiger partial charge in [-0.1, -0.05) is 42.2 Å². The van der Waals surface area contributed by atoms with Gasteiger partial charge in [-0.15, -0.1) is 0 Å². The van der Waals surface area contributed by atoms with E-state index in [-0.39, 0.29) is 11.8 Å². The second kappa shape index (κ2) is 8.41. The summed E-state index contributed by atoms with van der Waals surface area (Å²) in [4.78, 5) is 27.9. The molecule has 0 N–H and O–H groups in total. The van der Waals surface area contributed by atoms with Crippen molar-refractivity contribution in [2.24, 2.45) is 11.0 Å². The largest absolute Gasteiger partial charge is 0.494 e. The van der Waals surface area contributed by atoms with Crippen molar-refractivity contribution in [2.45, 2.75) is 13.8 Å². The number of amides is 2. The lowest BCUT2D eigenvalue weighted by Crippen LogP contribution is -2.28. The number of carbonyl (C=O) groups excluding carboxylic acids is 2. The highest BCUT2D eigenvalue weighted by atomic mass is 32.2. The lowest BCUT2D eigenvalue weighted by Gasteiger charge is -2.15. The smallest absolute Gasteiger partial charge is 0.270 e. The molecule has 0 aromatic heterocycles. The first-order chi connectivity index (χ1) is 14.5. The molecule has 1 atom stereocenters. The Morgan fingerprint density at radius 1 is 1.10 bits per heavy atom. The van der Waals surface area contributed by atoms with Crippen LogP contribution in [0, 0.1) is 5.92 Å². The van der Waals surface area contributed by atoms with E-state index < -0.39 is 5.92 Å². The first kappa shape index (κ1) is 20.3. The lowest BCUT2D eigenvalue weighted by molar-refractivity contribution is -0.118. The zero-order valence-electron chi connectivity index (χ0n) is 16.4. The molecule has 2 amide bonds. The monoisotopic (exact) mass is 437 g/mol. The van der Waals surface area contributed by atoms with E-state index in [1.54, 1.807) is 37.3 Å². The molecule has 8 heteroatoms. The van der Waals surface area contributed by atoms with Crippen LogP contribution in [0.4, 0.5) is 11.4 Å². The van der Waals surface area contributed by atoms with Crippen LogP contribution in [-0.4, -0.2) is 28.5 Å². The average molecular weight is 438 g/mol. The van der Waals surface area contributed by atoms with Gasteiger partial charge in [0.25, 0.3) is 11.8 Å². The summed E-state index contributed by atoms with van der Waals surface area (Å²) in [5.41, 5.74) is 1.99. The van der Waals surface area contributed by atoms with E-state index in [2.05, 4.69) is 5.10 Å². The maximum absolute atomic E-state index is 13.0. The molecule has 2 aromatic carbocycles. The van der Waals surface area contributed by atoms with Gasteiger partial charge in [-0.05, 0) is 56.3 Å². The maximum atomic E-state index is 13.0. The number of thioether (sulfide) groups is 1. The highest BCUT2D eigenvalue weighted by molar-refractivity contribution is 8.27. The Labute approximate surface area is 184 Å². The number of carbonyl (C=O) groups is 2. The topological polar surface area (TPSA) is 62.2 Å². The molecule has 0 bridgehead atoms. The van der Waals surface area contributed by atoms with Gasteiger partial charge in [0.2, 0.25) is 0 Å². The molecule has 2 heterocycles. The predicted octanol–water partition coefficient (Wildman–Crippen LogP) is 4.37. The fraction of sp³-hybridized carbons (Fsp3) is 0.182. The van der Waals surface area contributed by atoms with E-state index in [9.17, 15) is 9.59 Å². The molecule has 1 fully saturated rings. The third-order valence-corrected chi connectivity index (χ3v) is 6.02. The van der Waals surface area contributed by atoms with Crippen LogP contribution in [0.3, 0.4) is 0 Å². The summed E-state index contributed by atoms with van der Waals surface area (Å²) in [5.74, 6) is -0.302. The summed E-state index contributed by atoms with van der Waals surface area (Å²) in [7, 11) is 0. The van der Waals surface area contributed by atoms with Gasteiger partial charge in [0.15, 0.2) is 4.32 Å². The number of ether oxygens (including phenoxy) is 1. The summed E-state index contributed by atoms with van der Waals surface area (Å²) in [6.45, 7) is 4.27. The van der Waals surface area contributed by atoms with Gasteiger partial charge in [-0.25, -0.2) is 0 Å². The summed E-state index contributed by atoms with van der Waals surface area (Å²) in [5, 5.41) is 5.77. The second-order valence-electron chi connectivity index (χ2n) is 6.67. The molecule has 0 saturated carbocycles. The van der Waals surface area contributed by atoms with Gasteiger partial charge in [0.05, 0.1) is 34.5 Å². The highest BCUT2D eigenvalue weighted by Gasteiger charge is 2.38. The van der Waals surface area contributed by atoms with Crippen molar-refractivity contribution in [1.29, 1.82) is 0 Å². The van der Waals surface area contributed by atoms with Crippen molar-refractivity contribution in [3.63, 3.8) is 0 Å². The van der Waals surface area contributed by atoms with Gasteiger partial charge >= 0.3 is 0 Å². The molecule has 6 nitrogen and oxygen atoms in total. The van der Waals surface area contributed by atoms with Crippen LogP contribution in [0.25, 0.3) is 0 Å². The normalized spacial score (nSPS) is 20.3. The van der Waals surface area contributed by atoms with Crippen molar-refractivity contribution in [1.82, 2.24) is 0 Å². The van der Waals surface area contributed by atoms with E-state index in [0.29, 0.717) is 32.9 Å². The third kappa shape index (κ3) is 3.76. The molecule has 2 aromatic rings. The first-order valence-corrected chi connectivity index (χ1v) is 10.7. The van der Waals surface area contributed by atoms with E-state index in [1.165, 1.54) is 21.7 Å². The predicted molar refractivity (Wildman–Crippen MR) is 124 cm³/mol. The van der Waals surface area contributed by atoms with E-state index in [0.717, 1.165) is 5.75 Å². The van der Waals surface area contributed by atoms with Gasteiger partial charge in [0.1, 0.15) is 5.75 Å². The molecule has 30 heavy (non-hydrogen) atoms. The molecule has 2 aliphatic heterocycles. The van der Waals surface area contributed by atoms with Crippen molar-refractivity contribution < 1.29 is 14.3 Å². The van der Waals surface area contributed by atoms with Gasteiger partial charge in [-0.3, -0.25) is 14.5 Å². The van der Waals surface area contributed by atoms with Crippen LogP contribution in [0.5, 0.6) is 5.75 Å². The Balaban J connectivity index is 1.56. The molecule has 4 rings (SSSR count). The van der Waals surface area contributed by atoms with Crippen molar-refractivity contribution in [2.75, 3.05) is 16.5 Å². The quantitative estimate of drug-likeness (QED) is 0.513. The molecule has 0 aliphatic carbocycles. The minimum absolute atomic E-state index is 0.190. The van der Waals surface area contributed by atoms with E-state index >= 15 is 0 Å². The van der Waals surface area contributed by atoms with Crippen molar-refractivity contribution >= 4 is 57.2 Å². The second-order valence-corrected chi connectivity index (χ2v) is 8.35. The van der Waals surface area contributed by atoms with E-state index in [1.807, 2.05) is 37.3 Å². The molecule has 152 valence electrons. The van der Waals surface area contributed by atoms with Crippen LogP contribution >= 0.6 is 24.0 Å². The number of hydrogen-bond donors (Lipinski definition) is 0. The Bertz CT molecular complexity index is 1060. The van der Waals surface area contributed by atoms with Crippen molar-refractivity contribution in [3.8, 4) is 5.75 Å². The highest BCUT2D eigenvalue weighted by Crippen LogP contribution is 2.37. The number of para-hydroxylation sites is 1. The Morgan fingerprint density at radius 3 is 2.47 bits per heavy atom. The molecular formula is C22H19N3O3S2. The molecular weight excluding hydrogens is 418 g/mol. The number of benzene rings is 2. The number of thiocarbonyl (C=S) groups is 1. The fourth-order valence-electron chi connectivity index (χ4n) is 3.24. The average Bonchev–Trinajstić information content (AvgIpc) is 3.19. The Morgan fingerprint density at radius 2 is 1.80 bits per heavy atom. The minimum atomic E-state index is -0.597. The standard InChI is InChI=1S/C22H19N3O3S2/c1-3-28-17-11-9-15(10-12-17)24-21(27)19(30-22(24)29)13-18-14(2)23-25(20(18)26)16-7-5-4-6-8-16/h4-13,18H,3H2,1-2H3/b19-13-/t18-/m1/s1. The van der Waals surface area contributed by atoms with Crippen LogP contribution in [0.1, 0.15) is 13.8 Å². The molecule has 2 aliphatic rings. The number of hydrogen-bond acceptors (Lipinski definition) is 6. The molecule has 1 saturated heterocycles. The minimum Gasteiger partial charge on any atom is -0.494 e. The van der Waals surface area contributed by atoms with Gasteiger partial charge in [-0.2, -0.15) is 10.1 Å². The maximum Gasteiger partial charge on any atom is 0.270 e. The first-order valence-electron chi connectivity index (χ1n) is 9.44. The van der Waals surface area contributed by atoms with E-state index in [4.69, 9.17) is 17.0 Å². The number of anilines is 2. The van der Waals surface area contributed by atoms with Gasteiger partial charge in [0, 0.05) is 0 Å². The molecule has 0 unspecified atom stereocenters. The molecule has 0 spiro atoms. The van der Waals surface area contributed by atoms with Gasteiger partial charge < -0.3 is 4.74 Å². The Hall–Kier alpha value is -2.97. The SMILES string of the molecule is CCOc1ccc(N2C(=O)/C(=C/[C@H]3C(=O)N(c4ccccc4)N=C3C)SC2=S)cc1. The van der Waals surface area contributed by atoms with Crippen LogP contribution < -0.4 is 14.6 Å². The van der Waals surface area contributed by atoms with Crippen LogP contribution in [-0.2, 0) is 9.59 Å². The Kier molecular flexibility index (Phi) is 5.69. The number of nitrogens with zero attached hydrogens (tertiary/aromatic N) is 3. The van der Waals surface area contributed by atoms with Crippen LogP contribution in [0.2, 0.25) is 0 Å². The summed E-state index contributed by atoms with van der Waals surface area (Å²) in [6, 6.07) is 16.4. The molecule has 0 radical (unpaired) electrons. The summed E-state index contributed by atoms with van der Waals surface area (Å²) in [6.07, 6.45) is 1.66. The third-order valence-electron chi connectivity index (χ3n) is 4.70. The fourth-order valence-corrected chi connectivity index (χ4v) is 4.55. The van der Waals surface area contributed by atoms with Crippen molar-refractivity contribution in [3.05, 3.63) is 65.6 Å². The summed E-state index contributed by atoms with van der Waals surface area (Å²) >= 11 is 6.62. The number of rotatable bonds is 5. The lowest BCUT2D eigenvalue weighted by atomic mass is 10.0. The van der Waals surface area contributed by atoms with Crippen LogP contribution in [0.15, 0.2) is 70.7 Å². The number of hydrazone groups is 1.